The summed E-state index contributed by atoms with van der Waals surface area (Å²) in [5.41, 5.74) is 2.41. The van der Waals surface area contributed by atoms with Crippen molar-refractivity contribution in [3.8, 4) is 0 Å². The van der Waals surface area contributed by atoms with Crippen molar-refractivity contribution in [2.45, 2.75) is 38.3 Å². The summed E-state index contributed by atoms with van der Waals surface area (Å²) < 4.78 is 13.1. The zero-order chi connectivity index (χ0) is 20.9. The van der Waals surface area contributed by atoms with Crippen LogP contribution in [0.25, 0.3) is 0 Å². The highest BCUT2D eigenvalue weighted by molar-refractivity contribution is 6.30. The largest absolute Gasteiger partial charge is 0.335 e. The van der Waals surface area contributed by atoms with Gasteiger partial charge in [0.1, 0.15) is 5.82 Å². The number of urea groups is 1. The van der Waals surface area contributed by atoms with E-state index < -0.39 is 0 Å². The maximum absolute atomic E-state index is 13.1. The average Bonchev–Trinajstić information content (AvgIpc) is 3.22. The highest BCUT2D eigenvalue weighted by atomic mass is 35.5. The van der Waals surface area contributed by atoms with E-state index in [4.69, 9.17) is 11.6 Å². The van der Waals surface area contributed by atoms with Crippen LogP contribution < -0.4 is 5.32 Å². The molecule has 2 aromatic rings. The predicted molar refractivity (Wildman–Crippen MR) is 118 cm³/mol. The average molecular weight is 430 g/mol. The monoisotopic (exact) mass is 429 g/mol. The molecule has 0 bridgehead atoms. The second-order valence-electron chi connectivity index (χ2n) is 8.56. The smallest absolute Gasteiger partial charge is 0.317 e. The third-order valence-corrected chi connectivity index (χ3v) is 6.50. The number of hydrogen-bond donors (Lipinski definition) is 1. The van der Waals surface area contributed by atoms with Crippen molar-refractivity contribution in [1.29, 1.82) is 0 Å². The first kappa shape index (κ1) is 21.1. The highest BCUT2D eigenvalue weighted by Crippen LogP contribution is 2.22. The van der Waals surface area contributed by atoms with Crippen LogP contribution in [0.4, 0.5) is 9.18 Å². The Morgan fingerprint density at radius 1 is 0.967 bits per heavy atom. The normalized spacial score (nSPS) is 20.5. The maximum atomic E-state index is 13.1. The molecule has 4 rings (SSSR count). The van der Waals surface area contributed by atoms with E-state index >= 15 is 0 Å². The summed E-state index contributed by atoms with van der Waals surface area (Å²) in [5.74, 6) is 0.243. The molecule has 2 heterocycles. The van der Waals surface area contributed by atoms with E-state index in [0.29, 0.717) is 5.92 Å². The van der Waals surface area contributed by atoms with Crippen LogP contribution >= 0.6 is 11.6 Å². The lowest BCUT2D eigenvalue weighted by atomic mass is 9.99. The number of nitrogens with one attached hydrogen (secondary N) is 1. The van der Waals surface area contributed by atoms with Gasteiger partial charge in [0.25, 0.3) is 0 Å². The Morgan fingerprint density at radius 3 is 2.33 bits per heavy atom. The number of likely N-dealkylation sites (tertiary alicyclic amines) is 2. The minimum atomic E-state index is -0.203. The molecule has 6 heteroatoms. The minimum Gasteiger partial charge on any atom is -0.335 e. The molecular weight excluding hydrogens is 401 g/mol. The Morgan fingerprint density at radius 2 is 1.63 bits per heavy atom. The number of halogens is 2. The minimum absolute atomic E-state index is 0.0627. The summed E-state index contributed by atoms with van der Waals surface area (Å²) in [6.45, 7) is 4.47. The fraction of sp³-hybridized carbons (Fsp3) is 0.458. The summed E-state index contributed by atoms with van der Waals surface area (Å²) in [5, 5.41) is 4.00. The van der Waals surface area contributed by atoms with Gasteiger partial charge in [0.15, 0.2) is 0 Å². The van der Waals surface area contributed by atoms with Gasteiger partial charge in [0.05, 0.1) is 0 Å². The summed E-state index contributed by atoms with van der Waals surface area (Å²) in [4.78, 5) is 17.1. The molecule has 160 valence electrons. The van der Waals surface area contributed by atoms with Crippen LogP contribution in [0.15, 0.2) is 48.5 Å². The summed E-state index contributed by atoms with van der Waals surface area (Å²) in [6.07, 6.45) is 3.86. The van der Waals surface area contributed by atoms with Gasteiger partial charge in [-0.05, 0) is 67.0 Å². The van der Waals surface area contributed by atoms with Gasteiger partial charge in [-0.1, -0.05) is 35.9 Å². The summed E-state index contributed by atoms with van der Waals surface area (Å²) in [7, 11) is 0. The quantitative estimate of drug-likeness (QED) is 0.746. The lowest BCUT2D eigenvalue weighted by Crippen LogP contribution is -2.48. The lowest BCUT2D eigenvalue weighted by molar-refractivity contribution is 0.173. The first-order chi connectivity index (χ1) is 14.5. The van der Waals surface area contributed by atoms with Crippen molar-refractivity contribution in [2.24, 2.45) is 5.92 Å². The number of hydrogen-bond acceptors (Lipinski definition) is 2. The SMILES string of the molecule is O=C(NC1CCN(Cc2ccc(Cl)cc2)CC1)N1CCC(Cc2ccc(F)cc2)C1. The number of rotatable bonds is 5. The Hall–Kier alpha value is -2.11. The molecule has 2 fully saturated rings. The van der Waals surface area contributed by atoms with Crippen LogP contribution in [0.5, 0.6) is 0 Å². The molecule has 0 radical (unpaired) electrons. The molecule has 0 saturated carbocycles. The van der Waals surface area contributed by atoms with E-state index in [1.165, 1.54) is 17.7 Å². The Balaban J connectivity index is 1.18. The molecule has 4 nitrogen and oxygen atoms in total. The fourth-order valence-electron chi connectivity index (χ4n) is 4.49. The van der Waals surface area contributed by atoms with E-state index in [1.54, 1.807) is 0 Å². The molecule has 30 heavy (non-hydrogen) atoms. The Labute approximate surface area is 183 Å². The van der Waals surface area contributed by atoms with E-state index in [-0.39, 0.29) is 17.9 Å². The topological polar surface area (TPSA) is 35.6 Å². The number of piperidine rings is 1. The third kappa shape index (κ3) is 5.73. The van der Waals surface area contributed by atoms with Crippen LogP contribution in [-0.4, -0.2) is 48.1 Å². The summed E-state index contributed by atoms with van der Waals surface area (Å²) >= 11 is 5.96. The van der Waals surface area contributed by atoms with Gasteiger partial charge in [-0.2, -0.15) is 0 Å². The number of benzene rings is 2. The molecule has 0 aromatic heterocycles. The van der Waals surface area contributed by atoms with Crippen LogP contribution in [0, 0.1) is 11.7 Å². The fourth-order valence-corrected chi connectivity index (χ4v) is 4.61. The molecule has 0 aliphatic carbocycles. The number of carbonyl (C=O) groups excluding carboxylic acids is 1. The van der Waals surface area contributed by atoms with Gasteiger partial charge < -0.3 is 10.2 Å². The molecule has 2 aromatic carbocycles. The zero-order valence-corrected chi connectivity index (χ0v) is 18.0. The van der Waals surface area contributed by atoms with Gasteiger partial charge in [-0.15, -0.1) is 0 Å². The lowest BCUT2D eigenvalue weighted by Gasteiger charge is -2.33. The number of carbonyl (C=O) groups is 1. The second kappa shape index (κ2) is 9.80. The van der Waals surface area contributed by atoms with Gasteiger partial charge in [0, 0.05) is 43.8 Å². The zero-order valence-electron chi connectivity index (χ0n) is 17.2. The van der Waals surface area contributed by atoms with E-state index in [2.05, 4.69) is 22.3 Å². The molecule has 2 saturated heterocycles. The van der Waals surface area contributed by atoms with Crippen LogP contribution in [-0.2, 0) is 13.0 Å². The first-order valence-corrected chi connectivity index (χ1v) is 11.2. The first-order valence-electron chi connectivity index (χ1n) is 10.8. The molecule has 1 N–H and O–H groups in total. The van der Waals surface area contributed by atoms with Crippen molar-refractivity contribution in [1.82, 2.24) is 15.1 Å². The molecule has 2 aliphatic heterocycles. The van der Waals surface area contributed by atoms with Gasteiger partial charge in [-0.25, -0.2) is 9.18 Å². The molecule has 1 atom stereocenters. The second-order valence-corrected chi connectivity index (χ2v) is 8.99. The Kier molecular flexibility index (Phi) is 6.90. The molecule has 2 amide bonds. The third-order valence-electron chi connectivity index (χ3n) is 6.25. The van der Waals surface area contributed by atoms with Crippen molar-refractivity contribution < 1.29 is 9.18 Å². The van der Waals surface area contributed by atoms with E-state index in [1.807, 2.05) is 29.2 Å². The summed E-state index contributed by atoms with van der Waals surface area (Å²) in [6, 6.07) is 15.0. The number of nitrogens with zero attached hydrogens (tertiary/aromatic N) is 2. The molecule has 1 unspecified atom stereocenters. The van der Waals surface area contributed by atoms with Gasteiger partial charge in [-0.3, -0.25) is 4.90 Å². The van der Waals surface area contributed by atoms with Crippen molar-refractivity contribution in [3.63, 3.8) is 0 Å². The van der Waals surface area contributed by atoms with Crippen LogP contribution in [0.2, 0.25) is 5.02 Å². The van der Waals surface area contributed by atoms with Crippen LogP contribution in [0.3, 0.4) is 0 Å². The maximum Gasteiger partial charge on any atom is 0.317 e. The van der Waals surface area contributed by atoms with E-state index in [0.717, 1.165) is 69.0 Å². The highest BCUT2D eigenvalue weighted by Gasteiger charge is 2.28. The predicted octanol–water partition coefficient (Wildman–Crippen LogP) is 4.72. The Bertz CT molecular complexity index is 835. The van der Waals surface area contributed by atoms with Gasteiger partial charge >= 0.3 is 6.03 Å². The van der Waals surface area contributed by atoms with Gasteiger partial charge in [0.2, 0.25) is 0 Å². The standard InChI is InChI=1S/C24H29ClFN3O/c25-21-5-1-19(2-6-21)16-28-12-10-23(11-13-28)27-24(30)29-14-9-20(17-29)15-18-3-7-22(26)8-4-18/h1-8,20,23H,9-17H2,(H,27,30). The van der Waals surface area contributed by atoms with E-state index in [9.17, 15) is 9.18 Å². The number of amides is 2. The molecule has 2 aliphatic rings. The van der Waals surface area contributed by atoms with Crippen molar-refractivity contribution in [2.75, 3.05) is 26.2 Å². The molecule has 0 spiro atoms. The van der Waals surface area contributed by atoms with Crippen LogP contribution in [0.1, 0.15) is 30.4 Å². The van der Waals surface area contributed by atoms with Crippen molar-refractivity contribution in [3.05, 3.63) is 70.5 Å². The molecular formula is C24H29ClFN3O. The van der Waals surface area contributed by atoms with Crippen molar-refractivity contribution >= 4 is 17.6 Å².